The van der Waals surface area contributed by atoms with Crippen LogP contribution in [0.3, 0.4) is 0 Å². The smallest absolute Gasteiger partial charge is 0.195 e. The van der Waals surface area contributed by atoms with Crippen LogP contribution in [0.2, 0.25) is 0 Å². The SMILES string of the molecule is C=C(C)CC(c1ccc(C)cc1)N(C)c1ccco1. The quantitative estimate of drug-likeness (QED) is 0.718. The number of anilines is 1. The van der Waals surface area contributed by atoms with E-state index in [1.165, 1.54) is 16.7 Å². The summed E-state index contributed by atoms with van der Waals surface area (Å²) in [5.74, 6) is 0.881. The average molecular weight is 255 g/mol. The van der Waals surface area contributed by atoms with Crippen molar-refractivity contribution in [2.75, 3.05) is 11.9 Å². The van der Waals surface area contributed by atoms with Crippen molar-refractivity contribution in [2.45, 2.75) is 26.3 Å². The van der Waals surface area contributed by atoms with Crippen LogP contribution >= 0.6 is 0 Å². The fourth-order valence-electron chi connectivity index (χ4n) is 2.22. The van der Waals surface area contributed by atoms with Gasteiger partial charge in [-0.2, -0.15) is 0 Å². The summed E-state index contributed by atoms with van der Waals surface area (Å²) in [6, 6.07) is 12.8. The van der Waals surface area contributed by atoms with E-state index in [-0.39, 0.29) is 6.04 Å². The van der Waals surface area contributed by atoms with E-state index in [9.17, 15) is 0 Å². The number of hydrogen-bond acceptors (Lipinski definition) is 2. The molecule has 0 radical (unpaired) electrons. The van der Waals surface area contributed by atoms with Crippen molar-refractivity contribution in [3.8, 4) is 0 Å². The number of rotatable bonds is 5. The van der Waals surface area contributed by atoms with Crippen molar-refractivity contribution in [1.82, 2.24) is 0 Å². The molecule has 0 N–H and O–H groups in total. The van der Waals surface area contributed by atoms with Crippen molar-refractivity contribution >= 4 is 5.88 Å². The molecule has 100 valence electrons. The lowest BCUT2D eigenvalue weighted by Gasteiger charge is -2.28. The Bertz CT molecular complexity index is 525. The fraction of sp³-hybridized carbons (Fsp3) is 0.294. The summed E-state index contributed by atoms with van der Waals surface area (Å²) in [5.41, 5.74) is 3.73. The molecule has 2 heteroatoms. The van der Waals surface area contributed by atoms with E-state index in [0.29, 0.717) is 0 Å². The summed E-state index contributed by atoms with van der Waals surface area (Å²) in [4.78, 5) is 2.17. The van der Waals surface area contributed by atoms with Gasteiger partial charge in [-0.3, -0.25) is 0 Å². The van der Waals surface area contributed by atoms with Crippen LogP contribution in [0.15, 0.2) is 59.2 Å². The van der Waals surface area contributed by atoms with Crippen molar-refractivity contribution in [1.29, 1.82) is 0 Å². The summed E-state index contributed by atoms with van der Waals surface area (Å²) >= 11 is 0. The molecule has 0 saturated heterocycles. The van der Waals surface area contributed by atoms with Gasteiger partial charge in [0.15, 0.2) is 5.88 Å². The third kappa shape index (κ3) is 3.28. The molecule has 0 aliphatic carbocycles. The minimum atomic E-state index is 0.254. The van der Waals surface area contributed by atoms with Gasteiger partial charge in [0.2, 0.25) is 0 Å². The molecule has 1 aromatic heterocycles. The van der Waals surface area contributed by atoms with Crippen molar-refractivity contribution < 1.29 is 4.42 Å². The molecule has 1 atom stereocenters. The first-order valence-electron chi connectivity index (χ1n) is 6.55. The minimum Gasteiger partial charge on any atom is -0.449 e. The number of furan rings is 1. The number of benzene rings is 1. The zero-order valence-corrected chi connectivity index (χ0v) is 11.9. The predicted molar refractivity (Wildman–Crippen MR) is 80.5 cm³/mol. The molecule has 2 rings (SSSR count). The topological polar surface area (TPSA) is 16.4 Å². The third-order valence-corrected chi connectivity index (χ3v) is 3.33. The zero-order valence-electron chi connectivity index (χ0n) is 11.9. The van der Waals surface area contributed by atoms with Gasteiger partial charge in [0, 0.05) is 13.1 Å². The van der Waals surface area contributed by atoms with Gasteiger partial charge in [0.1, 0.15) is 0 Å². The van der Waals surface area contributed by atoms with E-state index >= 15 is 0 Å². The maximum absolute atomic E-state index is 5.50. The monoisotopic (exact) mass is 255 g/mol. The Morgan fingerprint density at radius 2 is 1.95 bits per heavy atom. The molecule has 2 nitrogen and oxygen atoms in total. The summed E-state index contributed by atoms with van der Waals surface area (Å²) in [5, 5.41) is 0. The number of aryl methyl sites for hydroxylation is 1. The first kappa shape index (κ1) is 13.5. The third-order valence-electron chi connectivity index (χ3n) is 3.33. The predicted octanol–water partition coefficient (Wildman–Crippen LogP) is 4.73. The largest absolute Gasteiger partial charge is 0.449 e. The zero-order chi connectivity index (χ0) is 13.8. The van der Waals surface area contributed by atoms with Gasteiger partial charge in [-0.15, -0.1) is 6.58 Å². The van der Waals surface area contributed by atoms with Crippen LogP contribution < -0.4 is 4.90 Å². The molecule has 2 aromatic rings. The fourth-order valence-corrected chi connectivity index (χ4v) is 2.22. The standard InChI is InChI=1S/C17H21NO/c1-13(2)12-16(15-9-7-14(3)8-10-15)18(4)17-6-5-11-19-17/h5-11,16H,1,12H2,2-4H3. The highest BCUT2D eigenvalue weighted by Gasteiger charge is 2.19. The van der Waals surface area contributed by atoms with Crippen molar-refractivity contribution in [3.63, 3.8) is 0 Å². The van der Waals surface area contributed by atoms with Gasteiger partial charge < -0.3 is 9.32 Å². The van der Waals surface area contributed by atoms with Gasteiger partial charge in [-0.25, -0.2) is 0 Å². The lowest BCUT2D eigenvalue weighted by atomic mass is 9.98. The van der Waals surface area contributed by atoms with Crippen LogP contribution in [0.4, 0.5) is 5.88 Å². The summed E-state index contributed by atoms with van der Waals surface area (Å²) in [7, 11) is 2.06. The van der Waals surface area contributed by atoms with Crippen LogP contribution in [0, 0.1) is 6.92 Å². The number of hydrogen-bond donors (Lipinski definition) is 0. The molecule has 1 unspecified atom stereocenters. The van der Waals surface area contributed by atoms with Crippen LogP contribution in [0.5, 0.6) is 0 Å². The van der Waals surface area contributed by atoms with Crippen molar-refractivity contribution in [2.24, 2.45) is 0 Å². The maximum Gasteiger partial charge on any atom is 0.195 e. The molecular weight excluding hydrogens is 234 g/mol. The van der Waals surface area contributed by atoms with E-state index in [4.69, 9.17) is 4.42 Å². The van der Waals surface area contributed by atoms with Crippen molar-refractivity contribution in [3.05, 3.63) is 65.9 Å². The lowest BCUT2D eigenvalue weighted by Crippen LogP contribution is -2.24. The van der Waals surface area contributed by atoms with E-state index in [0.717, 1.165) is 12.3 Å². The Morgan fingerprint density at radius 3 is 2.47 bits per heavy atom. The molecule has 0 aliphatic rings. The molecule has 0 amide bonds. The summed E-state index contributed by atoms with van der Waals surface area (Å²) in [6.07, 6.45) is 2.62. The maximum atomic E-state index is 5.50. The highest BCUT2D eigenvalue weighted by atomic mass is 16.3. The summed E-state index contributed by atoms with van der Waals surface area (Å²) < 4.78 is 5.50. The molecule has 19 heavy (non-hydrogen) atoms. The number of nitrogens with zero attached hydrogens (tertiary/aromatic N) is 1. The Kier molecular flexibility index (Phi) is 4.10. The second-order valence-corrected chi connectivity index (χ2v) is 5.15. The van der Waals surface area contributed by atoms with Crippen LogP contribution in [-0.2, 0) is 0 Å². The lowest BCUT2D eigenvalue weighted by molar-refractivity contribution is 0.524. The van der Waals surface area contributed by atoms with E-state index in [1.807, 2.05) is 12.1 Å². The Morgan fingerprint density at radius 1 is 1.26 bits per heavy atom. The molecular formula is C17H21NO. The second-order valence-electron chi connectivity index (χ2n) is 5.15. The molecule has 0 saturated carbocycles. The van der Waals surface area contributed by atoms with E-state index < -0.39 is 0 Å². The second kappa shape index (κ2) is 5.79. The molecule has 0 aliphatic heterocycles. The van der Waals surface area contributed by atoms with Crippen LogP contribution in [0.1, 0.15) is 30.5 Å². The Hall–Kier alpha value is -1.96. The normalized spacial score (nSPS) is 12.2. The van der Waals surface area contributed by atoms with Gasteiger partial charge in [-0.05, 0) is 31.9 Å². The summed E-state index contributed by atoms with van der Waals surface area (Å²) in [6.45, 7) is 8.22. The molecule has 0 fully saturated rings. The van der Waals surface area contributed by atoms with Gasteiger partial charge in [-0.1, -0.05) is 35.4 Å². The molecule has 0 spiro atoms. The minimum absolute atomic E-state index is 0.254. The Balaban J connectivity index is 2.30. The van der Waals surface area contributed by atoms with Gasteiger partial charge >= 0.3 is 0 Å². The van der Waals surface area contributed by atoms with Crippen LogP contribution in [-0.4, -0.2) is 7.05 Å². The Labute approximate surface area is 115 Å². The van der Waals surface area contributed by atoms with Gasteiger partial charge in [0.05, 0.1) is 12.3 Å². The molecule has 0 bridgehead atoms. The first-order chi connectivity index (χ1) is 9.08. The highest BCUT2D eigenvalue weighted by Crippen LogP contribution is 2.30. The van der Waals surface area contributed by atoms with E-state index in [1.54, 1.807) is 6.26 Å². The van der Waals surface area contributed by atoms with Crippen LogP contribution in [0.25, 0.3) is 0 Å². The van der Waals surface area contributed by atoms with Gasteiger partial charge in [0.25, 0.3) is 0 Å². The average Bonchev–Trinajstić information content (AvgIpc) is 2.90. The first-order valence-corrected chi connectivity index (χ1v) is 6.55. The van der Waals surface area contributed by atoms with E-state index in [2.05, 4.69) is 56.6 Å². The molecule has 1 aromatic carbocycles. The molecule has 1 heterocycles. The highest BCUT2D eigenvalue weighted by molar-refractivity contribution is 5.40.